The summed E-state index contributed by atoms with van der Waals surface area (Å²) in [5.74, 6) is 0. The molecule has 0 amide bonds. The lowest BCUT2D eigenvalue weighted by Crippen LogP contribution is -2.71. The van der Waals surface area contributed by atoms with Crippen LogP contribution in [0.5, 0.6) is 0 Å². The van der Waals surface area contributed by atoms with Crippen LogP contribution in [0.4, 0.5) is 0 Å². The first kappa shape index (κ1) is 16.3. The van der Waals surface area contributed by atoms with E-state index in [0.29, 0.717) is 31.5 Å². The molecule has 0 aromatic carbocycles. The molecule has 3 heterocycles. The third-order valence-electron chi connectivity index (χ3n) is 11.2. The van der Waals surface area contributed by atoms with Crippen molar-refractivity contribution in [1.82, 2.24) is 0 Å². The van der Waals surface area contributed by atoms with Crippen LogP contribution in [0.3, 0.4) is 0 Å². The third kappa shape index (κ3) is 0.787. The molecule has 8 atom stereocenters. The largest absolute Gasteiger partial charge is 0.159 e. The van der Waals surface area contributed by atoms with Crippen LogP contribution < -0.4 is 0 Å². The Balaban J connectivity index is 2.06. The molecule has 0 nitrogen and oxygen atoms in total. The average molecular weight is 459 g/mol. The van der Waals surface area contributed by atoms with Gasteiger partial charge in [0.25, 0.3) is 0 Å². The van der Waals surface area contributed by atoms with E-state index in [1.54, 1.807) is 22.3 Å². The Morgan fingerprint density at radius 1 is 0.739 bits per heavy atom. The van der Waals surface area contributed by atoms with Crippen molar-refractivity contribution in [2.45, 2.75) is 89.9 Å². The Hall–Kier alpha value is 1.07. The maximum absolute atomic E-state index is 3.10. The highest BCUT2D eigenvalue weighted by Gasteiger charge is 3.12. The van der Waals surface area contributed by atoms with Crippen molar-refractivity contribution in [3.63, 3.8) is 0 Å². The topological polar surface area (TPSA) is 0 Å². The van der Waals surface area contributed by atoms with Crippen molar-refractivity contribution in [2.24, 2.45) is 10.8 Å². The van der Waals surface area contributed by atoms with Crippen molar-refractivity contribution in [2.75, 3.05) is 0 Å². The number of halogens is 1. The van der Waals surface area contributed by atoms with E-state index >= 15 is 0 Å². The molecular weight excluding hydrogens is 429 g/mol. The molecule has 3 saturated heterocycles. The predicted octanol–water partition coefficient (Wildman–Crippen LogP) is 7.54. The number of fused-ring (bicyclic) bond motifs is 2. The van der Waals surface area contributed by atoms with Crippen molar-refractivity contribution < 1.29 is 0 Å². The SMILES string of the molecule is CC1=C(C)C2(C)C3(C)C1(C)P1C4(C)C3(C)C(C)=C(C)C4(C)[P+]12I. The number of hydrogen-bond donors (Lipinski definition) is 0. The van der Waals surface area contributed by atoms with Gasteiger partial charge in [-0.2, -0.15) is 0 Å². The Morgan fingerprint density at radius 2 is 1.22 bits per heavy atom. The van der Waals surface area contributed by atoms with E-state index in [1.807, 2.05) is 0 Å². The Kier molecular flexibility index (Phi) is 2.36. The van der Waals surface area contributed by atoms with E-state index in [4.69, 9.17) is 0 Å². The second kappa shape index (κ2) is 3.33. The van der Waals surface area contributed by atoms with Gasteiger partial charge in [-0.3, -0.25) is 0 Å². The predicted molar refractivity (Wildman–Crippen MR) is 114 cm³/mol. The van der Waals surface area contributed by atoms with E-state index in [2.05, 4.69) is 91.3 Å². The highest BCUT2D eigenvalue weighted by atomic mass is 127. The van der Waals surface area contributed by atoms with Gasteiger partial charge in [-0.25, -0.2) is 0 Å². The molecule has 0 spiro atoms. The molecule has 23 heavy (non-hydrogen) atoms. The summed E-state index contributed by atoms with van der Waals surface area (Å²) in [7, 11) is 0.0757. The summed E-state index contributed by atoms with van der Waals surface area (Å²) < 4.78 is -1.07. The Morgan fingerprint density at radius 3 is 1.74 bits per heavy atom. The van der Waals surface area contributed by atoms with Crippen LogP contribution in [0.25, 0.3) is 0 Å². The maximum Gasteiger partial charge on any atom is 0.159 e. The highest BCUT2D eigenvalue weighted by Crippen LogP contribution is 3.30. The summed E-state index contributed by atoms with van der Waals surface area (Å²) in [6, 6.07) is 0. The molecule has 5 rings (SSSR count). The van der Waals surface area contributed by atoms with Crippen LogP contribution in [0, 0.1) is 10.8 Å². The maximum atomic E-state index is 3.10. The zero-order valence-electron chi connectivity index (χ0n) is 16.3. The van der Waals surface area contributed by atoms with Crippen LogP contribution >= 0.6 is 34.2 Å². The van der Waals surface area contributed by atoms with Crippen LogP contribution in [0.1, 0.15) is 69.2 Å². The second-order valence-corrected chi connectivity index (χ2v) is 24.9. The fraction of sp³-hybridized carbons (Fsp3) is 0.800. The highest BCUT2D eigenvalue weighted by molar-refractivity contribution is 14.2. The minimum absolute atomic E-state index is 0.0757. The van der Waals surface area contributed by atoms with Gasteiger partial charge in [-0.1, -0.05) is 25.0 Å². The van der Waals surface area contributed by atoms with Gasteiger partial charge < -0.3 is 0 Å². The van der Waals surface area contributed by atoms with E-state index in [0.717, 1.165) is 0 Å². The molecule has 3 fully saturated rings. The van der Waals surface area contributed by atoms with Crippen molar-refractivity contribution in [3.05, 3.63) is 22.3 Å². The summed E-state index contributed by atoms with van der Waals surface area (Å²) in [4.78, 5) is 0. The lowest BCUT2D eigenvalue weighted by Gasteiger charge is -2.74. The van der Waals surface area contributed by atoms with E-state index < -0.39 is 4.59 Å². The van der Waals surface area contributed by atoms with Crippen LogP contribution in [-0.4, -0.2) is 20.6 Å². The van der Waals surface area contributed by atoms with E-state index in [9.17, 15) is 0 Å². The molecule has 0 saturated carbocycles. The van der Waals surface area contributed by atoms with Gasteiger partial charge in [-0.15, -0.1) is 0 Å². The van der Waals surface area contributed by atoms with Crippen LogP contribution in [-0.2, 0) is 0 Å². The molecular formula is C20H30IP2+. The van der Waals surface area contributed by atoms with Crippen LogP contribution in [0.15, 0.2) is 22.3 Å². The minimum Gasteiger partial charge on any atom is -0.0623 e. The summed E-state index contributed by atoms with van der Waals surface area (Å²) in [6.07, 6.45) is 0. The van der Waals surface area contributed by atoms with Crippen molar-refractivity contribution >= 4 is 34.2 Å². The molecule has 4 bridgehead atoms. The first-order chi connectivity index (χ1) is 10.2. The quantitative estimate of drug-likeness (QED) is 0.200. The van der Waals surface area contributed by atoms with Gasteiger partial charge in [0.05, 0.1) is 17.9 Å². The van der Waals surface area contributed by atoms with E-state index in [-0.39, 0.29) is 7.61 Å². The monoisotopic (exact) mass is 459 g/mol. The third-order valence-corrected chi connectivity index (χ3v) is 35.4. The standard InChI is InChI=1S/C20H30IP2/c1-11-13(3)18(8)20(10)15(11,5)19(9)16(6)12(2)14(4)17(19,7)23(18,21)22(16)20/h1-10H3/q+1. The normalized spacial score (nSPS) is 70.8. The molecule has 0 aromatic rings. The number of hydrogen-bond acceptors (Lipinski definition) is 0. The molecule has 0 N–H and O–H groups in total. The Labute approximate surface area is 156 Å². The zero-order valence-corrected chi connectivity index (χ0v) is 20.2. The summed E-state index contributed by atoms with van der Waals surface area (Å²) in [5, 5.41) is 1.94. The average Bonchev–Trinajstić information content (AvgIpc) is 2.81. The second-order valence-electron chi connectivity index (χ2n) is 9.91. The number of rotatable bonds is 0. The molecule has 3 aliphatic heterocycles. The van der Waals surface area contributed by atoms with Crippen molar-refractivity contribution in [3.8, 4) is 0 Å². The molecule has 0 radical (unpaired) electrons. The van der Waals surface area contributed by atoms with Gasteiger partial charge in [0.2, 0.25) is 0 Å². The van der Waals surface area contributed by atoms with Gasteiger partial charge in [0, 0.05) is 10.8 Å². The van der Waals surface area contributed by atoms with Gasteiger partial charge in [-0.05, 0) is 66.5 Å². The lowest BCUT2D eigenvalue weighted by molar-refractivity contribution is 0.0439. The first-order valence-electron chi connectivity index (χ1n) is 9.01. The smallest absolute Gasteiger partial charge is 0.0623 e. The summed E-state index contributed by atoms with van der Waals surface area (Å²) >= 11 is 3.10. The summed E-state index contributed by atoms with van der Waals surface area (Å²) in [5.41, 5.74) is 7.91. The molecule has 3 heteroatoms. The zero-order chi connectivity index (χ0) is 17.4. The molecule has 8 unspecified atom stereocenters. The number of allylic oxidation sites excluding steroid dienone is 4. The fourth-order valence-electron chi connectivity index (χ4n) is 9.37. The van der Waals surface area contributed by atoms with Gasteiger partial charge in [0.1, 0.15) is 14.9 Å². The lowest BCUT2D eigenvalue weighted by atomic mass is 9.49. The first-order valence-corrected chi connectivity index (χ1v) is 15.6. The van der Waals surface area contributed by atoms with Crippen LogP contribution in [0.2, 0.25) is 0 Å². The summed E-state index contributed by atoms with van der Waals surface area (Å²) in [6.45, 7) is 26.2. The van der Waals surface area contributed by atoms with Gasteiger partial charge >= 0.3 is 0 Å². The molecule has 0 aromatic heterocycles. The minimum atomic E-state index is -1.07. The molecule has 5 aliphatic rings. The molecule has 2 aliphatic carbocycles. The van der Waals surface area contributed by atoms with Gasteiger partial charge in [0.15, 0.2) is 22.0 Å². The van der Waals surface area contributed by atoms with Crippen molar-refractivity contribution in [1.29, 1.82) is 0 Å². The Bertz CT molecular complexity index is 806. The molecule has 126 valence electrons. The fourth-order valence-corrected chi connectivity index (χ4v) is 42.5. The van der Waals surface area contributed by atoms with E-state index in [1.165, 1.54) is 0 Å².